The van der Waals surface area contributed by atoms with E-state index >= 15 is 0 Å². The first-order chi connectivity index (χ1) is 13.5. The van der Waals surface area contributed by atoms with Crippen LogP contribution in [0.3, 0.4) is 0 Å². The van der Waals surface area contributed by atoms with Gasteiger partial charge in [0.05, 0.1) is 4.88 Å². The third kappa shape index (κ3) is 4.99. The molecule has 8 heteroatoms. The van der Waals surface area contributed by atoms with Crippen LogP contribution in [0, 0.1) is 5.92 Å². The summed E-state index contributed by atoms with van der Waals surface area (Å²) in [4.78, 5) is 41.0. The first-order valence-electron chi connectivity index (χ1n) is 9.41. The first kappa shape index (κ1) is 20.5. The molecular weight excluding hydrogens is 394 g/mol. The highest BCUT2D eigenvalue weighted by Gasteiger charge is 2.26. The summed E-state index contributed by atoms with van der Waals surface area (Å²) in [6.07, 6.45) is 1.16. The number of hydrogen-bond acceptors (Lipinski definition) is 5. The Bertz CT molecular complexity index is 830. The zero-order valence-corrected chi connectivity index (χ0v) is 17.7. The van der Waals surface area contributed by atoms with E-state index in [4.69, 9.17) is 0 Å². The minimum absolute atomic E-state index is 0.0425. The zero-order chi connectivity index (χ0) is 20.1. The minimum atomic E-state index is -0.631. The topological polar surface area (TPSA) is 78.5 Å². The Balaban J connectivity index is 1.46. The summed E-state index contributed by atoms with van der Waals surface area (Å²) in [7, 11) is 0. The summed E-state index contributed by atoms with van der Waals surface area (Å²) in [6.45, 7) is 5.41. The van der Waals surface area contributed by atoms with E-state index in [1.54, 1.807) is 23.5 Å². The van der Waals surface area contributed by atoms with Gasteiger partial charge in [0.1, 0.15) is 6.04 Å². The molecule has 150 valence electrons. The summed E-state index contributed by atoms with van der Waals surface area (Å²) in [5.74, 6) is -0.522. The molecule has 3 heterocycles. The van der Waals surface area contributed by atoms with Crippen molar-refractivity contribution in [1.29, 1.82) is 0 Å². The van der Waals surface area contributed by atoms with Crippen LogP contribution in [0.5, 0.6) is 0 Å². The maximum Gasteiger partial charge on any atom is 0.262 e. The van der Waals surface area contributed by atoms with Crippen molar-refractivity contribution >= 4 is 40.4 Å². The second-order valence-corrected chi connectivity index (χ2v) is 9.10. The Labute approximate surface area is 172 Å². The molecule has 0 spiro atoms. The average molecular weight is 420 g/mol. The van der Waals surface area contributed by atoms with Crippen LogP contribution in [-0.2, 0) is 22.6 Å². The van der Waals surface area contributed by atoms with Gasteiger partial charge in [-0.15, -0.1) is 22.7 Å². The number of fused-ring (bicyclic) bond motifs is 1. The van der Waals surface area contributed by atoms with Crippen molar-refractivity contribution < 1.29 is 14.4 Å². The first-order valence-corrected chi connectivity index (χ1v) is 11.2. The smallest absolute Gasteiger partial charge is 0.262 e. The lowest BCUT2D eigenvalue weighted by Crippen LogP contribution is -2.50. The van der Waals surface area contributed by atoms with Crippen molar-refractivity contribution in [2.75, 3.05) is 13.1 Å². The van der Waals surface area contributed by atoms with Gasteiger partial charge in [-0.2, -0.15) is 0 Å². The van der Waals surface area contributed by atoms with Gasteiger partial charge < -0.3 is 15.5 Å². The van der Waals surface area contributed by atoms with Crippen LogP contribution in [0.2, 0.25) is 0 Å². The van der Waals surface area contributed by atoms with Gasteiger partial charge in [0, 0.05) is 30.9 Å². The molecule has 1 unspecified atom stereocenters. The van der Waals surface area contributed by atoms with Gasteiger partial charge in [0.15, 0.2) is 0 Å². The molecule has 2 aromatic heterocycles. The Morgan fingerprint density at radius 2 is 2.00 bits per heavy atom. The maximum atomic E-state index is 12.5. The highest BCUT2D eigenvalue weighted by Crippen LogP contribution is 2.24. The fourth-order valence-electron chi connectivity index (χ4n) is 3.18. The molecule has 1 aliphatic heterocycles. The number of nitrogens with one attached hydrogen (secondary N) is 2. The van der Waals surface area contributed by atoms with Gasteiger partial charge in [-0.25, -0.2) is 0 Å². The monoisotopic (exact) mass is 419 g/mol. The number of carbonyl (C=O) groups is 3. The van der Waals surface area contributed by atoms with E-state index in [0.29, 0.717) is 11.4 Å². The maximum absolute atomic E-state index is 12.5. The van der Waals surface area contributed by atoms with Crippen LogP contribution in [0.4, 0.5) is 0 Å². The Morgan fingerprint density at radius 3 is 2.71 bits per heavy atom. The lowest BCUT2D eigenvalue weighted by Gasteiger charge is -2.27. The van der Waals surface area contributed by atoms with Gasteiger partial charge in [0.2, 0.25) is 11.8 Å². The van der Waals surface area contributed by atoms with E-state index in [1.807, 2.05) is 24.1 Å². The van der Waals surface area contributed by atoms with Crippen molar-refractivity contribution in [2.24, 2.45) is 5.92 Å². The molecule has 0 radical (unpaired) electrons. The van der Waals surface area contributed by atoms with Gasteiger partial charge >= 0.3 is 0 Å². The second-order valence-electron chi connectivity index (χ2n) is 7.15. The Kier molecular flexibility index (Phi) is 6.85. The van der Waals surface area contributed by atoms with E-state index in [2.05, 4.69) is 22.1 Å². The Morgan fingerprint density at radius 1 is 1.18 bits per heavy atom. The van der Waals surface area contributed by atoms with Crippen LogP contribution in [0.1, 0.15) is 40.4 Å². The highest BCUT2D eigenvalue weighted by molar-refractivity contribution is 7.12. The number of carbonyl (C=O) groups excluding carboxylic acids is 3. The third-order valence-electron chi connectivity index (χ3n) is 4.78. The van der Waals surface area contributed by atoms with E-state index < -0.39 is 6.04 Å². The number of nitrogens with zero attached hydrogens (tertiary/aromatic N) is 1. The molecule has 6 nitrogen and oxygen atoms in total. The largest absolute Gasteiger partial charge is 0.354 e. The molecule has 0 aromatic carbocycles. The molecule has 0 aliphatic carbocycles. The van der Waals surface area contributed by atoms with Crippen LogP contribution in [0.25, 0.3) is 0 Å². The fourth-order valence-corrected chi connectivity index (χ4v) is 4.69. The van der Waals surface area contributed by atoms with Crippen LogP contribution in [0.15, 0.2) is 29.0 Å². The Hall–Kier alpha value is -2.19. The molecule has 0 saturated carbocycles. The van der Waals surface area contributed by atoms with E-state index in [-0.39, 0.29) is 36.6 Å². The van der Waals surface area contributed by atoms with E-state index in [1.165, 1.54) is 21.8 Å². The third-order valence-corrected chi connectivity index (χ3v) is 6.67. The van der Waals surface area contributed by atoms with Gasteiger partial charge in [-0.05, 0) is 40.8 Å². The molecule has 1 aliphatic rings. The zero-order valence-electron chi connectivity index (χ0n) is 16.1. The number of amides is 3. The number of thiophene rings is 2. The lowest BCUT2D eigenvalue weighted by atomic mass is 10.0. The van der Waals surface area contributed by atoms with Crippen LogP contribution in [-0.4, -0.2) is 41.8 Å². The highest BCUT2D eigenvalue weighted by atomic mass is 32.1. The second kappa shape index (κ2) is 9.34. The van der Waals surface area contributed by atoms with Crippen molar-refractivity contribution in [2.45, 2.75) is 39.3 Å². The molecule has 2 aromatic rings. The predicted octanol–water partition coefficient (Wildman–Crippen LogP) is 2.66. The fraction of sp³-hybridized carbons (Fsp3) is 0.450. The molecule has 3 amide bonds. The molecule has 0 saturated heterocycles. The summed E-state index contributed by atoms with van der Waals surface area (Å²) in [5.41, 5.74) is 1.23. The van der Waals surface area contributed by atoms with Crippen molar-refractivity contribution in [1.82, 2.24) is 15.5 Å². The molecule has 28 heavy (non-hydrogen) atoms. The molecule has 3 rings (SSSR count). The van der Waals surface area contributed by atoms with Crippen molar-refractivity contribution in [3.63, 3.8) is 0 Å². The van der Waals surface area contributed by atoms with Crippen molar-refractivity contribution in [3.8, 4) is 0 Å². The summed E-state index contributed by atoms with van der Waals surface area (Å²) >= 11 is 3.08. The van der Waals surface area contributed by atoms with E-state index in [9.17, 15) is 14.4 Å². The number of rotatable bonds is 7. The van der Waals surface area contributed by atoms with Gasteiger partial charge in [0.25, 0.3) is 5.91 Å². The standard InChI is InChI=1S/C20H25N3O3S2/c1-13(2)18(22-19(25)16-4-3-10-27-16)20(26)21-8-5-17(24)23-9-6-15-14(12-23)7-11-28-15/h3-4,7,10-11,13,18H,5-6,8-9,12H2,1-2H3,(H,21,26)(H,22,25). The predicted molar refractivity (Wildman–Crippen MR) is 111 cm³/mol. The quantitative estimate of drug-likeness (QED) is 0.724. The molecule has 0 fully saturated rings. The van der Waals surface area contributed by atoms with Gasteiger partial charge in [-0.3, -0.25) is 14.4 Å². The minimum Gasteiger partial charge on any atom is -0.354 e. The summed E-state index contributed by atoms with van der Waals surface area (Å²) in [5, 5.41) is 9.49. The molecule has 0 bridgehead atoms. The van der Waals surface area contributed by atoms with E-state index in [0.717, 1.165) is 13.0 Å². The van der Waals surface area contributed by atoms with Crippen LogP contribution < -0.4 is 10.6 Å². The number of hydrogen-bond donors (Lipinski definition) is 2. The molecule has 1 atom stereocenters. The summed E-state index contributed by atoms with van der Waals surface area (Å²) < 4.78 is 0. The average Bonchev–Trinajstić information content (AvgIpc) is 3.36. The molecule has 2 N–H and O–H groups in total. The summed E-state index contributed by atoms with van der Waals surface area (Å²) in [6, 6.07) is 4.97. The van der Waals surface area contributed by atoms with Gasteiger partial charge in [-0.1, -0.05) is 19.9 Å². The lowest BCUT2D eigenvalue weighted by molar-refractivity contribution is -0.132. The molecular formula is C20H25N3O3S2. The van der Waals surface area contributed by atoms with Crippen LogP contribution >= 0.6 is 22.7 Å². The van der Waals surface area contributed by atoms with Crippen molar-refractivity contribution in [3.05, 3.63) is 44.3 Å². The SMILES string of the molecule is CC(C)C(NC(=O)c1cccs1)C(=O)NCCC(=O)N1CCc2sccc2C1. The normalized spacial score (nSPS) is 14.5.